The Hall–Kier alpha value is -2.10. The van der Waals surface area contributed by atoms with Crippen LogP contribution < -0.4 is 0 Å². The fourth-order valence-electron chi connectivity index (χ4n) is 0.898. The fourth-order valence-corrected chi connectivity index (χ4v) is 0.898. The molecule has 0 spiro atoms. The predicted molar refractivity (Wildman–Crippen MR) is 53.0 cm³/mol. The van der Waals surface area contributed by atoms with Crippen LogP contribution in [0.15, 0.2) is 42.5 Å². The Morgan fingerprint density at radius 2 is 1.87 bits per heavy atom. The van der Waals surface area contributed by atoms with E-state index in [9.17, 15) is 9.59 Å². The molecule has 1 N–H and O–H groups in total. The number of benzene rings is 1. The quantitative estimate of drug-likeness (QED) is 0.350. The molecule has 4 heteroatoms. The average Bonchev–Trinajstić information content (AvgIpc) is 2.26. The fraction of sp³-hybridized carbons (Fsp3) is 0.0909. The van der Waals surface area contributed by atoms with Crippen molar-refractivity contribution in [1.29, 1.82) is 0 Å². The molecule has 78 valence electrons. The number of carboxylic acid groups (broad SMARTS) is 1. The number of carbonyl (C=O) groups is 2. The van der Waals surface area contributed by atoms with Gasteiger partial charge in [0.2, 0.25) is 0 Å². The van der Waals surface area contributed by atoms with Crippen molar-refractivity contribution in [3.63, 3.8) is 0 Å². The first-order valence-corrected chi connectivity index (χ1v) is 4.24. The van der Waals surface area contributed by atoms with Gasteiger partial charge in [0.15, 0.2) is 0 Å². The molecular weight excluding hydrogens is 196 g/mol. The van der Waals surface area contributed by atoms with Gasteiger partial charge in [0, 0.05) is 0 Å². The molecule has 0 amide bonds. The zero-order chi connectivity index (χ0) is 11.3. The van der Waals surface area contributed by atoms with Crippen LogP contribution in [0.4, 0.5) is 0 Å². The number of carboxylic acids is 1. The molecule has 0 fully saturated rings. The summed E-state index contributed by atoms with van der Waals surface area (Å²) in [5, 5.41) is 8.45. The summed E-state index contributed by atoms with van der Waals surface area (Å²) in [5.41, 5.74) is 0.231. The van der Waals surface area contributed by atoms with E-state index < -0.39 is 17.5 Å². The summed E-state index contributed by atoms with van der Waals surface area (Å²) in [7, 11) is 0. The highest BCUT2D eigenvalue weighted by Gasteiger charge is 2.15. The highest BCUT2D eigenvalue weighted by molar-refractivity contribution is 6.12. The Morgan fingerprint density at radius 1 is 1.27 bits per heavy atom. The van der Waals surface area contributed by atoms with Crippen LogP contribution in [-0.4, -0.2) is 17.0 Å². The van der Waals surface area contributed by atoms with Crippen LogP contribution in [0.3, 0.4) is 0 Å². The smallest absolute Gasteiger partial charge is 0.345 e. The third-order valence-electron chi connectivity index (χ3n) is 1.72. The van der Waals surface area contributed by atoms with Crippen LogP contribution >= 0.6 is 0 Å². The van der Waals surface area contributed by atoms with E-state index >= 15 is 0 Å². The van der Waals surface area contributed by atoms with Crippen LogP contribution in [0.2, 0.25) is 0 Å². The number of ether oxygens (including phenoxy) is 1. The highest BCUT2D eigenvalue weighted by Crippen LogP contribution is 2.03. The lowest BCUT2D eigenvalue weighted by Crippen LogP contribution is -2.14. The van der Waals surface area contributed by atoms with Gasteiger partial charge in [-0.2, -0.15) is 0 Å². The van der Waals surface area contributed by atoms with Crippen molar-refractivity contribution in [3.05, 3.63) is 48.0 Å². The topological polar surface area (TPSA) is 63.6 Å². The minimum atomic E-state index is -1.37. The van der Waals surface area contributed by atoms with Crippen molar-refractivity contribution in [1.82, 2.24) is 0 Å². The molecule has 1 aromatic rings. The van der Waals surface area contributed by atoms with Gasteiger partial charge in [-0.3, -0.25) is 0 Å². The lowest BCUT2D eigenvalue weighted by atomic mass is 10.2. The van der Waals surface area contributed by atoms with Crippen molar-refractivity contribution in [2.75, 3.05) is 0 Å². The molecule has 0 aliphatic heterocycles. The lowest BCUT2D eigenvalue weighted by molar-refractivity contribution is -0.145. The van der Waals surface area contributed by atoms with E-state index in [1.54, 1.807) is 24.3 Å². The average molecular weight is 206 g/mol. The first-order chi connectivity index (χ1) is 7.11. The highest BCUT2D eigenvalue weighted by atomic mass is 16.5. The summed E-state index contributed by atoms with van der Waals surface area (Å²) in [5.74, 6) is -2.28. The molecule has 0 saturated heterocycles. The second-order valence-electron chi connectivity index (χ2n) is 2.85. The second kappa shape index (κ2) is 4.95. The van der Waals surface area contributed by atoms with E-state index in [0.717, 1.165) is 5.56 Å². The van der Waals surface area contributed by atoms with Crippen LogP contribution in [0.5, 0.6) is 0 Å². The Kier molecular flexibility index (Phi) is 3.62. The molecule has 1 aromatic carbocycles. The summed E-state index contributed by atoms with van der Waals surface area (Å²) in [6.45, 7) is 3.14. The normalized spacial score (nSPS) is 9.33. The van der Waals surface area contributed by atoms with Gasteiger partial charge in [0.1, 0.15) is 12.2 Å². The van der Waals surface area contributed by atoms with Crippen LogP contribution in [0.25, 0.3) is 0 Å². The molecule has 15 heavy (non-hydrogen) atoms. The van der Waals surface area contributed by atoms with E-state index in [0.29, 0.717) is 0 Å². The summed E-state index contributed by atoms with van der Waals surface area (Å²) in [6.07, 6.45) is 0. The Labute approximate surface area is 86.8 Å². The molecule has 0 atom stereocenters. The van der Waals surface area contributed by atoms with E-state index in [-0.39, 0.29) is 6.61 Å². The number of esters is 1. The van der Waals surface area contributed by atoms with E-state index in [1.165, 1.54) is 0 Å². The molecule has 0 aliphatic carbocycles. The maximum absolute atomic E-state index is 11.1. The minimum Gasteiger partial charge on any atom is -0.477 e. The van der Waals surface area contributed by atoms with Gasteiger partial charge in [-0.15, -0.1) is 0 Å². The van der Waals surface area contributed by atoms with Crippen molar-refractivity contribution >= 4 is 11.9 Å². The maximum atomic E-state index is 11.1. The first-order valence-electron chi connectivity index (χ1n) is 4.24. The third kappa shape index (κ3) is 3.27. The van der Waals surface area contributed by atoms with Gasteiger partial charge in [0.05, 0.1) is 0 Å². The Morgan fingerprint density at radius 3 is 2.40 bits per heavy atom. The SMILES string of the molecule is C=C(C(=O)O)C(=O)OCc1ccccc1. The molecule has 0 saturated carbocycles. The van der Waals surface area contributed by atoms with Crippen molar-refractivity contribution in [2.45, 2.75) is 6.61 Å². The molecule has 4 nitrogen and oxygen atoms in total. The van der Waals surface area contributed by atoms with Crippen LogP contribution in [0, 0.1) is 0 Å². The second-order valence-corrected chi connectivity index (χ2v) is 2.85. The lowest BCUT2D eigenvalue weighted by Gasteiger charge is -2.03. The number of rotatable bonds is 4. The molecule has 0 unspecified atom stereocenters. The summed E-state index contributed by atoms with van der Waals surface area (Å²) >= 11 is 0. The summed E-state index contributed by atoms with van der Waals surface area (Å²) in [4.78, 5) is 21.4. The van der Waals surface area contributed by atoms with Crippen molar-refractivity contribution in [3.8, 4) is 0 Å². The summed E-state index contributed by atoms with van der Waals surface area (Å²) < 4.78 is 4.73. The van der Waals surface area contributed by atoms with E-state index in [2.05, 4.69) is 6.58 Å². The molecule has 0 heterocycles. The van der Waals surface area contributed by atoms with Crippen molar-refractivity contribution in [2.24, 2.45) is 0 Å². The van der Waals surface area contributed by atoms with Gasteiger partial charge in [-0.05, 0) is 5.56 Å². The zero-order valence-electron chi connectivity index (χ0n) is 7.97. The molecule has 0 bridgehead atoms. The molecular formula is C11H10O4. The molecule has 0 radical (unpaired) electrons. The standard InChI is InChI=1S/C11H10O4/c1-8(10(12)13)11(14)15-7-9-5-3-2-4-6-9/h2-6H,1,7H2,(H,12,13). The van der Waals surface area contributed by atoms with Crippen LogP contribution in [0.1, 0.15) is 5.56 Å². The molecule has 1 rings (SSSR count). The molecule has 0 aliphatic rings. The monoisotopic (exact) mass is 206 g/mol. The van der Waals surface area contributed by atoms with Gasteiger partial charge in [0.25, 0.3) is 0 Å². The number of aliphatic carboxylic acids is 1. The third-order valence-corrected chi connectivity index (χ3v) is 1.72. The minimum absolute atomic E-state index is 0.0476. The van der Waals surface area contributed by atoms with E-state index in [4.69, 9.17) is 9.84 Å². The Bertz CT molecular complexity index is 381. The Balaban J connectivity index is 2.48. The number of hydrogen-bond acceptors (Lipinski definition) is 3. The number of carbonyl (C=O) groups excluding carboxylic acids is 1. The maximum Gasteiger partial charge on any atom is 0.345 e. The van der Waals surface area contributed by atoms with Gasteiger partial charge >= 0.3 is 11.9 Å². The van der Waals surface area contributed by atoms with Gasteiger partial charge in [-0.1, -0.05) is 36.9 Å². The van der Waals surface area contributed by atoms with Crippen molar-refractivity contribution < 1.29 is 19.4 Å². The predicted octanol–water partition coefficient (Wildman–Crippen LogP) is 1.37. The van der Waals surface area contributed by atoms with Gasteiger partial charge < -0.3 is 9.84 Å². The van der Waals surface area contributed by atoms with E-state index in [1.807, 2.05) is 6.07 Å². The largest absolute Gasteiger partial charge is 0.477 e. The first kappa shape index (κ1) is 11.0. The summed E-state index contributed by atoms with van der Waals surface area (Å²) in [6, 6.07) is 8.99. The zero-order valence-corrected chi connectivity index (χ0v) is 7.97. The van der Waals surface area contributed by atoms with Crippen LogP contribution in [-0.2, 0) is 20.9 Å². The molecule has 0 aromatic heterocycles. The number of hydrogen-bond donors (Lipinski definition) is 1. The van der Waals surface area contributed by atoms with Gasteiger partial charge in [-0.25, -0.2) is 9.59 Å².